The first-order valence-electron chi connectivity index (χ1n) is 6.10. The van der Waals surface area contributed by atoms with Gasteiger partial charge in [-0.15, -0.1) is 0 Å². The number of ether oxygens (including phenoxy) is 2. The summed E-state index contributed by atoms with van der Waals surface area (Å²) in [7, 11) is 1.58. The molecule has 0 atom stereocenters. The van der Waals surface area contributed by atoms with Gasteiger partial charge in [-0.05, 0) is 13.8 Å². The number of carbonyl (C=O) groups excluding carboxylic acids is 1. The average Bonchev–Trinajstić information content (AvgIpc) is 2.36. The van der Waals surface area contributed by atoms with E-state index >= 15 is 0 Å². The van der Waals surface area contributed by atoms with Crippen molar-refractivity contribution in [1.82, 2.24) is 15.3 Å². The van der Waals surface area contributed by atoms with Gasteiger partial charge >= 0.3 is 0 Å². The molecule has 2 N–H and O–H groups in total. The molecule has 0 spiro atoms. The number of nitrogens with zero attached hydrogens (tertiary/aromatic N) is 2. The molecule has 106 valence electrons. The molecule has 0 saturated carbocycles. The average molecular weight is 268 g/mol. The van der Waals surface area contributed by atoms with Crippen molar-refractivity contribution in [3.63, 3.8) is 0 Å². The molecule has 1 aromatic heterocycles. The fraction of sp³-hybridized carbons (Fsp3) is 0.583. The number of rotatable bonds is 8. The summed E-state index contributed by atoms with van der Waals surface area (Å²) in [5.41, 5.74) is 0. The topological polar surface area (TPSA) is 85.4 Å². The predicted molar refractivity (Wildman–Crippen MR) is 71.2 cm³/mol. The molecular weight excluding hydrogens is 248 g/mol. The lowest BCUT2D eigenvalue weighted by molar-refractivity contribution is -0.119. The van der Waals surface area contributed by atoms with Gasteiger partial charge in [-0.2, -0.15) is 0 Å². The molecule has 0 bridgehead atoms. The van der Waals surface area contributed by atoms with Gasteiger partial charge in [-0.1, -0.05) is 0 Å². The Bertz CT molecular complexity index is 398. The third-order valence-corrected chi connectivity index (χ3v) is 2.06. The Morgan fingerprint density at radius 1 is 1.42 bits per heavy atom. The molecule has 1 aromatic rings. The lowest BCUT2D eigenvalue weighted by Gasteiger charge is -2.10. The van der Waals surface area contributed by atoms with Crippen molar-refractivity contribution in [3.8, 4) is 5.88 Å². The molecule has 1 amide bonds. The van der Waals surface area contributed by atoms with Crippen LogP contribution in [0.1, 0.15) is 13.8 Å². The second-order valence-electron chi connectivity index (χ2n) is 4.10. The summed E-state index contributed by atoms with van der Waals surface area (Å²) in [4.78, 5) is 19.4. The van der Waals surface area contributed by atoms with Gasteiger partial charge in [-0.25, -0.2) is 9.97 Å². The van der Waals surface area contributed by atoms with Gasteiger partial charge < -0.3 is 20.1 Å². The van der Waals surface area contributed by atoms with Crippen LogP contribution in [0.5, 0.6) is 5.88 Å². The van der Waals surface area contributed by atoms with E-state index in [1.165, 1.54) is 6.33 Å². The van der Waals surface area contributed by atoms with Crippen LogP contribution in [-0.4, -0.2) is 48.8 Å². The van der Waals surface area contributed by atoms with Crippen molar-refractivity contribution in [2.24, 2.45) is 0 Å². The zero-order chi connectivity index (χ0) is 14.1. The molecule has 1 rings (SSSR count). The Balaban J connectivity index is 2.38. The van der Waals surface area contributed by atoms with Crippen molar-refractivity contribution in [3.05, 3.63) is 12.4 Å². The molecule has 0 aliphatic rings. The first-order valence-corrected chi connectivity index (χ1v) is 6.10. The van der Waals surface area contributed by atoms with E-state index in [4.69, 9.17) is 9.47 Å². The number of hydrogen-bond donors (Lipinski definition) is 2. The second kappa shape index (κ2) is 8.25. The van der Waals surface area contributed by atoms with E-state index in [1.807, 2.05) is 13.8 Å². The maximum Gasteiger partial charge on any atom is 0.239 e. The molecule has 0 saturated heterocycles. The van der Waals surface area contributed by atoms with Crippen LogP contribution in [0, 0.1) is 0 Å². The summed E-state index contributed by atoms with van der Waals surface area (Å²) in [5.74, 6) is 0.904. The molecule has 0 aliphatic heterocycles. The van der Waals surface area contributed by atoms with Gasteiger partial charge in [0, 0.05) is 19.7 Å². The Labute approximate surface area is 112 Å². The molecule has 7 nitrogen and oxygen atoms in total. The van der Waals surface area contributed by atoms with Crippen LogP contribution in [0.15, 0.2) is 12.4 Å². The van der Waals surface area contributed by atoms with Crippen molar-refractivity contribution in [1.29, 1.82) is 0 Å². The highest BCUT2D eigenvalue weighted by Crippen LogP contribution is 2.11. The van der Waals surface area contributed by atoms with Gasteiger partial charge in [0.1, 0.15) is 12.1 Å². The highest BCUT2D eigenvalue weighted by molar-refractivity contribution is 5.80. The third kappa shape index (κ3) is 6.56. The number of aromatic nitrogens is 2. The summed E-state index contributed by atoms with van der Waals surface area (Å²) >= 11 is 0. The van der Waals surface area contributed by atoms with E-state index in [0.717, 1.165) is 0 Å². The molecule has 0 radical (unpaired) electrons. The van der Waals surface area contributed by atoms with Gasteiger partial charge in [0.15, 0.2) is 0 Å². The van der Waals surface area contributed by atoms with Crippen molar-refractivity contribution < 1.29 is 14.3 Å². The monoisotopic (exact) mass is 268 g/mol. The smallest absolute Gasteiger partial charge is 0.239 e. The minimum absolute atomic E-state index is 0.0418. The minimum atomic E-state index is -0.123. The highest BCUT2D eigenvalue weighted by atomic mass is 16.5. The number of amides is 1. The van der Waals surface area contributed by atoms with E-state index in [1.54, 1.807) is 13.2 Å². The van der Waals surface area contributed by atoms with Crippen molar-refractivity contribution in [2.75, 3.05) is 32.1 Å². The fourth-order valence-electron chi connectivity index (χ4n) is 1.27. The first kappa shape index (κ1) is 15.2. The number of methoxy groups -OCH3 is 1. The number of anilines is 1. The minimum Gasteiger partial charge on any atom is -0.475 e. The summed E-state index contributed by atoms with van der Waals surface area (Å²) in [6, 6.07) is 1.66. The zero-order valence-electron chi connectivity index (χ0n) is 11.5. The highest BCUT2D eigenvalue weighted by Gasteiger charge is 2.04. The lowest BCUT2D eigenvalue weighted by atomic mass is 10.4. The molecule has 0 aromatic carbocycles. The van der Waals surface area contributed by atoms with E-state index in [2.05, 4.69) is 20.6 Å². The lowest BCUT2D eigenvalue weighted by Crippen LogP contribution is -2.32. The van der Waals surface area contributed by atoms with Gasteiger partial charge in [0.05, 0.1) is 19.3 Å². The maximum atomic E-state index is 11.5. The number of hydrogen-bond acceptors (Lipinski definition) is 6. The van der Waals surface area contributed by atoms with E-state index in [9.17, 15) is 4.79 Å². The van der Waals surface area contributed by atoms with Crippen LogP contribution in [0.4, 0.5) is 5.82 Å². The number of nitrogens with one attached hydrogen (secondary N) is 2. The van der Waals surface area contributed by atoms with Crippen molar-refractivity contribution >= 4 is 11.7 Å². The van der Waals surface area contributed by atoms with Crippen molar-refractivity contribution in [2.45, 2.75) is 20.0 Å². The third-order valence-electron chi connectivity index (χ3n) is 2.06. The summed E-state index contributed by atoms with van der Waals surface area (Å²) < 4.78 is 10.3. The normalized spacial score (nSPS) is 10.3. The molecule has 0 fully saturated rings. The van der Waals surface area contributed by atoms with Gasteiger partial charge in [0.25, 0.3) is 0 Å². The Kier molecular flexibility index (Phi) is 6.59. The SMILES string of the molecule is COCCNC(=O)CNc1cc(OC(C)C)ncn1. The maximum absolute atomic E-state index is 11.5. The Morgan fingerprint density at radius 3 is 2.89 bits per heavy atom. The predicted octanol–water partition coefficient (Wildman–Crippen LogP) is 0.438. The van der Waals surface area contributed by atoms with Crippen LogP contribution in [0.25, 0.3) is 0 Å². The molecular formula is C12H20N4O3. The van der Waals surface area contributed by atoms with E-state index in [0.29, 0.717) is 24.8 Å². The first-order chi connectivity index (χ1) is 9.11. The van der Waals surface area contributed by atoms with Gasteiger partial charge in [-0.3, -0.25) is 4.79 Å². The number of carbonyl (C=O) groups is 1. The largest absolute Gasteiger partial charge is 0.475 e. The van der Waals surface area contributed by atoms with Crippen LogP contribution < -0.4 is 15.4 Å². The second-order valence-corrected chi connectivity index (χ2v) is 4.10. The summed E-state index contributed by atoms with van der Waals surface area (Å²) in [6.45, 7) is 4.95. The van der Waals surface area contributed by atoms with Crippen LogP contribution >= 0.6 is 0 Å². The Hall–Kier alpha value is -1.89. The van der Waals surface area contributed by atoms with Gasteiger partial charge in [0.2, 0.25) is 11.8 Å². The molecule has 7 heteroatoms. The molecule has 0 aliphatic carbocycles. The Morgan fingerprint density at radius 2 is 2.21 bits per heavy atom. The van der Waals surface area contributed by atoms with Crippen LogP contribution in [0.3, 0.4) is 0 Å². The van der Waals surface area contributed by atoms with Crippen LogP contribution in [0.2, 0.25) is 0 Å². The summed E-state index contributed by atoms with van der Waals surface area (Å²) in [6.07, 6.45) is 1.43. The zero-order valence-corrected chi connectivity index (χ0v) is 11.5. The standard InChI is InChI=1S/C12H20N4O3/c1-9(2)19-12-6-10(15-8-16-12)14-7-11(17)13-4-5-18-3/h6,8-9H,4-5,7H2,1-3H3,(H,13,17)(H,14,15,16). The van der Waals surface area contributed by atoms with E-state index in [-0.39, 0.29) is 18.6 Å². The summed E-state index contributed by atoms with van der Waals surface area (Å²) in [5, 5.41) is 5.60. The van der Waals surface area contributed by atoms with E-state index < -0.39 is 0 Å². The van der Waals surface area contributed by atoms with Crippen LogP contribution in [-0.2, 0) is 9.53 Å². The fourth-order valence-corrected chi connectivity index (χ4v) is 1.27. The molecule has 1 heterocycles. The quantitative estimate of drug-likeness (QED) is 0.665. The molecule has 19 heavy (non-hydrogen) atoms. The molecule has 0 unspecified atom stereocenters.